The van der Waals surface area contributed by atoms with Gasteiger partial charge in [-0.1, -0.05) is 84.8 Å². The Kier molecular flexibility index (Phi) is 8.30. The minimum atomic E-state index is 0.110. The number of nitrogens with zero attached hydrogens (tertiary/aromatic N) is 2. The van der Waals surface area contributed by atoms with Crippen LogP contribution in [0.4, 0.5) is 0 Å². The molecule has 0 radical (unpaired) electrons. The third-order valence-corrected chi connectivity index (χ3v) is 8.68. The van der Waals surface area contributed by atoms with E-state index < -0.39 is 0 Å². The number of ether oxygens (including phenoxy) is 1. The number of benzene rings is 2. The van der Waals surface area contributed by atoms with Gasteiger partial charge in [-0.25, -0.2) is 0 Å². The number of aliphatic imine (C=N–C) groups is 1. The zero-order valence-corrected chi connectivity index (χ0v) is 22.5. The van der Waals surface area contributed by atoms with Crippen molar-refractivity contribution in [3.63, 3.8) is 0 Å². The molecule has 184 valence electrons. The van der Waals surface area contributed by atoms with Crippen molar-refractivity contribution in [3.8, 4) is 5.75 Å². The zero-order valence-electron chi connectivity index (χ0n) is 20.1. The summed E-state index contributed by atoms with van der Waals surface area (Å²) >= 11 is 5.04. The lowest BCUT2D eigenvalue weighted by Gasteiger charge is -2.31. The first-order valence-electron chi connectivity index (χ1n) is 12.9. The van der Waals surface area contributed by atoms with Crippen LogP contribution in [0.2, 0.25) is 0 Å². The van der Waals surface area contributed by atoms with Crippen LogP contribution in [0.15, 0.2) is 62.9 Å². The van der Waals surface area contributed by atoms with Crippen molar-refractivity contribution in [1.29, 1.82) is 0 Å². The van der Waals surface area contributed by atoms with Gasteiger partial charge in [-0.05, 0) is 67.3 Å². The molecule has 2 aromatic rings. The first-order chi connectivity index (χ1) is 17.2. The van der Waals surface area contributed by atoms with Crippen molar-refractivity contribution < 1.29 is 9.53 Å². The van der Waals surface area contributed by atoms with Gasteiger partial charge in [0.15, 0.2) is 5.17 Å². The van der Waals surface area contributed by atoms with E-state index in [4.69, 9.17) is 9.73 Å². The maximum absolute atomic E-state index is 13.7. The first-order valence-corrected chi connectivity index (χ1v) is 14.6. The average molecular weight is 554 g/mol. The maximum Gasteiger partial charge on any atom is 0.267 e. The molecule has 6 heteroatoms. The van der Waals surface area contributed by atoms with Gasteiger partial charge in [0.05, 0.1) is 10.9 Å². The van der Waals surface area contributed by atoms with Crippen molar-refractivity contribution in [2.24, 2.45) is 4.99 Å². The minimum Gasteiger partial charge on any atom is -0.488 e. The number of carbonyl (C=O) groups is 1. The second-order valence-electron chi connectivity index (χ2n) is 9.73. The van der Waals surface area contributed by atoms with Crippen molar-refractivity contribution in [1.82, 2.24) is 4.90 Å². The van der Waals surface area contributed by atoms with E-state index in [0.717, 1.165) is 57.1 Å². The summed E-state index contributed by atoms with van der Waals surface area (Å²) in [6.45, 7) is 0.483. The van der Waals surface area contributed by atoms with E-state index in [9.17, 15) is 4.79 Å². The normalized spacial score (nSPS) is 22.3. The second-order valence-corrected chi connectivity index (χ2v) is 11.7. The Hall–Kier alpha value is -2.05. The number of rotatable bonds is 6. The van der Waals surface area contributed by atoms with Crippen molar-refractivity contribution in [2.45, 2.75) is 82.9 Å². The van der Waals surface area contributed by atoms with Crippen LogP contribution in [-0.4, -0.2) is 28.1 Å². The standard InChI is InChI=1S/C29H33BrN2O2S/c30-23-17-15-21(16-18-23)20-34-26-14-8-7-9-22(26)19-27-28(33)32(25-12-5-2-6-13-25)29(35-27)31-24-10-3-1-4-11-24/h7-9,14-19,24-25H,1-6,10-13,20H2. The summed E-state index contributed by atoms with van der Waals surface area (Å²) in [7, 11) is 0. The van der Waals surface area contributed by atoms with E-state index in [1.54, 1.807) is 11.8 Å². The van der Waals surface area contributed by atoms with E-state index in [1.807, 2.05) is 47.4 Å². The van der Waals surface area contributed by atoms with Crippen LogP contribution in [0.25, 0.3) is 6.08 Å². The Balaban J connectivity index is 1.39. The van der Waals surface area contributed by atoms with Crippen LogP contribution < -0.4 is 4.74 Å². The van der Waals surface area contributed by atoms with Gasteiger partial charge in [0.2, 0.25) is 0 Å². The highest BCUT2D eigenvalue weighted by Crippen LogP contribution is 2.39. The molecule has 1 heterocycles. The highest BCUT2D eigenvalue weighted by atomic mass is 79.9. The Morgan fingerprint density at radius 3 is 2.37 bits per heavy atom. The number of para-hydroxylation sites is 1. The van der Waals surface area contributed by atoms with Gasteiger partial charge in [-0.3, -0.25) is 14.7 Å². The maximum atomic E-state index is 13.7. The molecular formula is C29H33BrN2O2S. The fourth-order valence-electron chi connectivity index (χ4n) is 5.22. The largest absolute Gasteiger partial charge is 0.488 e. The Bertz CT molecular complexity index is 1090. The fraction of sp³-hybridized carbons (Fsp3) is 0.448. The third-order valence-electron chi connectivity index (χ3n) is 7.16. The van der Waals surface area contributed by atoms with Gasteiger partial charge in [0.25, 0.3) is 5.91 Å². The van der Waals surface area contributed by atoms with Crippen LogP contribution in [0, 0.1) is 0 Å². The molecule has 1 saturated heterocycles. The third kappa shape index (κ3) is 6.21. The summed E-state index contributed by atoms with van der Waals surface area (Å²) in [5.41, 5.74) is 2.04. The van der Waals surface area contributed by atoms with Crippen LogP contribution in [0.5, 0.6) is 5.75 Å². The Labute approximate surface area is 221 Å². The summed E-state index contributed by atoms with van der Waals surface area (Å²) in [5.74, 6) is 0.900. The van der Waals surface area contributed by atoms with Crippen LogP contribution in [0.1, 0.15) is 75.3 Å². The minimum absolute atomic E-state index is 0.110. The molecule has 2 aliphatic carbocycles. The van der Waals surface area contributed by atoms with Crippen LogP contribution in [0.3, 0.4) is 0 Å². The number of hydrogen-bond acceptors (Lipinski definition) is 4. The van der Waals surface area contributed by atoms with E-state index in [1.165, 1.54) is 38.5 Å². The first kappa shape index (κ1) is 24.6. The number of halogens is 1. The molecule has 3 fully saturated rings. The molecule has 0 N–H and O–H groups in total. The topological polar surface area (TPSA) is 41.9 Å². The number of thioether (sulfide) groups is 1. The highest BCUT2D eigenvalue weighted by molar-refractivity contribution is 9.10. The molecule has 2 saturated carbocycles. The lowest BCUT2D eigenvalue weighted by Crippen LogP contribution is -2.41. The monoisotopic (exact) mass is 552 g/mol. The van der Waals surface area contributed by atoms with E-state index in [2.05, 4.69) is 28.1 Å². The molecule has 5 rings (SSSR count). The average Bonchev–Trinajstić information content (AvgIpc) is 3.19. The summed E-state index contributed by atoms with van der Waals surface area (Å²) in [4.78, 5) is 21.6. The van der Waals surface area contributed by atoms with E-state index in [-0.39, 0.29) is 11.9 Å². The van der Waals surface area contributed by atoms with E-state index >= 15 is 0 Å². The van der Waals surface area contributed by atoms with Crippen LogP contribution >= 0.6 is 27.7 Å². The molecular weight excluding hydrogens is 520 g/mol. The molecule has 0 bridgehead atoms. The molecule has 1 amide bonds. The fourth-order valence-corrected chi connectivity index (χ4v) is 6.58. The highest BCUT2D eigenvalue weighted by Gasteiger charge is 2.39. The predicted octanol–water partition coefficient (Wildman–Crippen LogP) is 7.97. The summed E-state index contributed by atoms with van der Waals surface area (Å²) in [5, 5.41) is 0.924. The van der Waals surface area contributed by atoms with Gasteiger partial charge in [0.1, 0.15) is 12.4 Å². The van der Waals surface area contributed by atoms with Gasteiger partial charge in [0, 0.05) is 16.1 Å². The predicted molar refractivity (Wildman–Crippen MR) is 149 cm³/mol. The zero-order chi connectivity index (χ0) is 24.0. The molecule has 1 aliphatic heterocycles. The molecule has 35 heavy (non-hydrogen) atoms. The van der Waals surface area contributed by atoms with Gasteiger partial charge < -0.3 is 4.74 Å². The summed E-state index contributed by atoms with van der Waals surface area (Å²) < 4.78 is 7.23. The summed E-state index contributed by atoms with van der Waals surface area (Å²) in [6.07, 6.45) is 13.9. The van der Waals surface area contributed by atoms with Crippen molar-refractivity contribution in [3.05, 3.63) is 69.0 Å². The molecule has 3 aliphatic rings. The number of amidine groups is 1. The molecule has 0 atom stereocenters. The quantitative estimate of drug-likeness (QED) is 0.341. The van der Waals surface area contributed by atoms with Gasteiger partial charge in [-0.2, -0.15) is 0 Å². The van der Waals surface area contributed by atoms with Gasteiger partial charge in [-0.15, -0.1) is 0 Å². The Morgan fingerprint density at radius 1 is 0.943 bits per heavy atom. The lowest BCUT2D eigenvalue weighted by atomic mass is 9.94. The Morgan fingerprint density at radius 2 is 1.63 bits per heavy atom. The molecule has 0 unspecified atom stereocenters. The smallest absolute Gasteiger partial charge is 0.267 e. The van der Waals surface area contributed by atoms with E-state index in [0.29, 0.717) is 12.6 Å². The van der Waals surface area contributed by atoms with Gasteiger partial charge >= 0.3 is 0 Å². The molecule has 2 aromatic carbocycles. The van der Waals surface area contributed by atoms with Crippen molar-refractivity contribution in [2.75, 3.05) is 0 Å². The summed E-state index contributed by atoms with van der Waals surface area (Å²) in [6, 6.07) is 16.8. The second kappa shape index (κ2) is 11.8. The lowest BCUT2D eigenvalue weighted by molar-refractivity contribution is -0.124. The molecule has 0 aromatic heterocycles. The molecule has 0 spiro atoms. The molecule has 4 nitrogen and oxygen atoms in total. The number of hydrogen-bond donors (Lipinski definition) is 0. The number of amides is 1. The van der Waals surface area contributed by atoms with Crippen LogP contribution in [-0.2, 0) is 11.4 Å². The SMILES string of the molecule is O=C1C(=Cc2ccccc2OCc2ccc(Br)cc2)SC(=NC2CCCCC2)N1C1CCCCC1. The number of carbonyl (C=O) groups excluding carboxylic acids is 1. The van der Waals surface area contributed by atoms with Crippen molar-refractivity contribution >= 4 is 44.8 Å².